The Labute approximate surface area is 102 Å². The van der Waals surface area contributed by atoms with E-state index in [-0.39, 0.29) is 5.78 Å². The van der Waals surface area contributed by atoms with Crippen molar-refractivity contribution >= 4 is 5.78 Å². The average molecular weight is 230 g/mol. The van der Waals surface area contributed by atoms with Gasteiger partial charge in [-0.2, -0.15) is 0 Å². The zero-order valence-electron chi connectivity index (χ0n) is 10.2. The van der Waals surface area contributed by atoms with Gasteiger partial charge in [-0.25, -0.2) is 0 Å². The second-order valence-corrected chi connectivity index (χ2v) is 4.39. The van der Waals surface area contributed by atoms with Crippen LogP contribution in [0.3, 0.4) is 0 Å². The minimum atomic E-state index is 0.0736. The summed E-state index contributed by atoms with van der Waals surface area (Å²) in [6, 6.07) is 9.38. The Morgan fingerprint density at radius 3 is 2.41 bits per heavy atom. The maximum atomic E-state index is 11.8. The van der Waals surface area contributed by atoms with Crippen LogP contribution in [0.25, 0.3) is 0 Å². The second-order valence-electron chi connectivity index (χ2n) is 4.39. The van der Waals surface area contributed by atoms with Gasteiger partial charge >= 0.3 is 0 Å². The molecule has 0 radical (unpaired) electrons. The summed E-state index contributed by atoms with van der Waals surface area (Å²) < 4.78 is 0. The number of allylic oxidation sites excluding steroid dienone is 1. The van der Waals surface area contributed by atoms with Gasteiger partial charge in [-0.1, -0.05) is 30.3 Å². The third-order valence-electron chi connectivity index (χ3n) is 3.03. The normalized spacial score (nSPS) is 17.6. The zero-order valence-corrected chi connectivity index (χ0v) is 10.2. The van der Waals surface area contributed by atoms with E-state index in [1.54, 1.807) is 6.08 Å². The van der Waals surface area contributed by atoms with Gasteiger partial charge in [0.05, 0.1) is 0 Å². The van der Waals surface area contributed by atoms with Gasteiger partial charge in [0.15, 0.2) is 5.78 Å². The Kier molecular flexibility index (Phi) is 3.94. The van der Waals surface area contributed by atoms with Gasteiger partial charge in [0.25, 0.3) is 0 Å². The van der Waals surface area contributed by atoms with Crippen LogP contribution in [-0.4, -0.2) is 48.8 Å². The van der Waals surface area contributed by atoms with Crippen LogP contribution in [0, 0.1) is 0 Å². The number of rotatable bonds is 3. The largest absolute Gasteiger partial charge is 0.375 e. The molecule has 1 aliphatic rings. The molecule has 1 aliphatic heterocycles. The Morgan fingerprint density at radius 1 is 1.12 bits per heavy atom. The van der Waals surface area contributed by atoms with Gasteiger partial charge in [-0.05, 0) is 7.05 Å². The van der Waals surface area contributed by atoms with Crippen LogP contribution in [0.5, 0.6) is 0 Å². The van der Waals surface area contributed by atoms with Crippen molar-refractivity contribution in [1.29, 1.82) is 0 Å². The molecular weight excluding hydrogens is 212 g/mol. The number of nitrogens with zero attached hydrogens (tertiary/aromatic N) is 2. The fourth-order valence-corrected chi connectivity index (χ4v) is 1.84. The van der Waals surface area contributed by atoms with E-state index in [1.807, 2.05) is 36.5 Å². The summed E-state index contributed by atoms with van der Waals surface area (Å²) >= 11 is 0. The first kappa shape index (κ1) is 11.9. The molecule has 17 heavy (non-hydrogen) atoms. The number of piperazine rings is 1. The molecule has 0 spiro atoms. The average Bonchev–Trinajstić information content (AvgIpc) is 2.39. The van der Waals surface area contributed by atoms with Crippen LogP contribution < -0.4 is 0 Å². The minimum absolute atomic E-state index is 0.0736. The smallest absolute Gasteiger partial charge is 0.187 e. The van der Waals surface area contributed by atoms with E-state index in [4.69, 9.17) is 0 Å². The molecule has 1 heterocycles. The Hall–Kier alpha value is -1.61. The number of carbonyl (C=O) groups excluding carboxylic acids is 1. The van der Waals surface area contributed by atoms with Crippen molar-refractivity contribution in [2.45, 2.75) is 0 Å². The Balaban J connectivity index is 1.90. The van der Waals surface area contributed by atoms with Gasteiger partial charge in [0, 0.05) is 44.0 Å². The van der Waals surface area contributed by atoms with E-state index in [0.717, 1.165) is 31.7 Å². The monoisotopic (exact) mass is 230 g/mol. The molecule has 0 N–H and O–H groups in total. The van der Waals surface area contributed by atoms with E-state index in [2.05, 4.69) is 16.8 Å². The van der Waals surface area contributed by atoms with Crippen LogP contribution in [0.2, 0.25) is 0 Å². The highest BCUT2D eigenvalue weighted by atomic mass is 16.1. The molecule has 1 aromatic carbocycles. The Bertz CT molecular complexity index is 392. The number of ketones is 1. The molecule has 0 aromatic heterocycles. The third-order valence-corrected chi connectivity index (χ3v) is 3.03. The van der Waals surface area contributed by atoms with Crippen LogP contribution in [-0.2, 0) is 0 Å². The summed E-state index contributed by atoms with van der Waals surface area (Å²) in [5.74, 6) is 0.0736. The predicted octanol–water partition coefficient (Wildman–Crippen LogP) is 1.63. The lowest BCUT2D eigenvalue weighted by molar-refractivity contribution is 0.104. The van der Waals surface area contributed by atoms with E-state index >= 15 is 0 Å². The molecule has 0 saturated carbocycles. The van der Waals surface area contributed by atoms with E-state index < -0.39 is 0 Å². The highest BCUT2D eigenvalue weighted by Gasteiger charge is 2.10. The molecule has 1 fully saturated rings. The number of carbonyl (C=O) groups is 1. The summed E-state index contributed by atoms with van der Waals surface area (Å²) in [5.41, 5.74) is 0.748. The maximum absolute atomic E-state index is 11.8. The summed E-state index contributed by atoms with van der Waals surface area (Å²) in [7, 11) is 2.12. The lowest BCUT2D eigenvalue weighted by Gasteiger charge is -2.31. The number of likely N-dealkylation sites (N-methyl/N-ethyl adjacent to an activating group) is 1. The molecule has 0 atom stereocenters. The molecular formula is C14H18N2O. The molecule has 3 nitrogen and oxygen atoms in total. The van der Waals surface area contributed by atoms with Crippen molar-refractivity contribution < 1.29 is 4.79 Å². The van der Waals surface area contributed by atoms with Crippen molar-refractivity contribution in [3.63, 3.8) is 0 Å². The van der Waals surface area contributed by atoms with Crippen LogP contribution in [0.4, 0.5) is 0 Å². The molecule has 0 bridgehead atoms. The lowest BCUT2D eigenvalue weighted by atomic mass is 10.1. The van der Waals surface area contributed by atoms with Gasteiger partial charge in [0.1, 0.15) is 0 Å². The number of hydrogen-bond donors (Lipinski definition) is 0. The first-order valence-corrected chi connectivity index (χ1v) is 5.96. The number of benzene rings is 1. The molecule has 0 unspecified atom stereocenters. The first-order valence-electron chi connectivity index (χ1n) is 5.96. The lowest BCUT2D eigenvalue weighted by Crippen LogP contribution is -2.41. The quantitative estimate of drug-likeness (QED) is 0.582. The summed E-state index contributed by atoms with van der Waals surface area (Å²) in [6.45, 7) is 4.11. The second kappa shape index (κ2) is 5.64. The fourth-order valence-electron chi connectivity index (χ4n) is 1.84. The Morgan fingerprint density at radius 2 is 1.76 bits per heavy atom. The van der Waals surface area contributed by atoms with Crippen molar-refractivity contribution in [2.75, 3.05) is 33.2 Å². The summed E-state index contributed by atoms with van der Waals surface area (Å²) in [5, 5.41) is 0. The van der Waals surface area contributed by atoms with E-state index in [0.29, 0.717) is 0 Å². The maximum Gasteiger partial charge on any atom is 0.187 e. The van der Waals surface area contributed by atoms with Crippen LogP contribution in [0.15, 0.2) is 42.6 Å². The minimum Gasteiger partial charge on any atom is -0.375 e. The fraction of sp³-hybridized carbons (Fsp3) is 0.357. The van der Waals surface area contributed by atoms with Crippen molar-refractivity contribution in [3.8, 4) is 0 Å². The van der Waals surface area contributed by atoms with Crippen LogP contribution >= 0.6 is 0 Å². The molecule has 90 valence electrons. The van der Waals surface area contributed by atoms with Gasteiger partial charge in [-0.3, -0.25) is 4.79 Å². The molecule has 0 aliphatic carbocycles. The van der Waals surface area contributed by atoms with Crippen LogP contribution in [0.1, 0.15) is 10.4 Å². The van der Waals surface area contributed by atoms with Crippen molar-refractivity contribution in [3.05, 3.63) is 48.2 Å². The molecule has 3 heteroatoms. The third kappa shape index (κ3) is 3.43. The summed E-state index contributed by atoms with van der Waals surface area (Å²) in [4.78, 5) is 16.3. The molecule has 0 amide bonds. The standard InChI is InChI=1S/C14H18N2O/c1-15-9-11-16(12-10-15)8-7-14(17)13-5-3-2-4-6-13/h2-8H,9-12H2,1H3. The number of hydrogen-bond acceptors (Lipinski definition) is 3. The highest BCUT2D eigenvalue weighted by Crippen LogP contribution is 2.03. The van der Waals surface area contributed by atoms with Gasteiger partial charge in [-0.15, -0.1) is 0 Å². The predicted molar refractivity (Wildman–Crippen MR) is 69.0 cm³/mol. The summed E-state index contributed by atoms with van der Waals surface area (Å²) in [6.07, 6.45) is 3.59. The van der Waals surface area contributed by atoms with Gasteiger partial charge < -0.3 is 9.80 Å². The first-order chi connectivity index (χ1) is 8.25. The molecule has 1 saturated heterocycles. The van der Waals surface area contributed by atoms with E-state index in [1.165, 1.54) is 0 Å². The van der Waals surface area contributed by atoms with Crippen molar-refractivity contribution in [1.82, 2.24) is 9.80 Å². The highest BCUT2D eigenvalue weighted by molar-refractivity contribution is 6.04. The molecule has 1 aromatic rings. The van der Waals surface area contributed by atoms with E-state index in [9.17, 15) is 4.79 Å². The topological polar surface area (TPSA) is 23.6 Å². The van der Waals surface area contributed by atoms with Crippen molar-refractivity contribution in [2.24, 2.45) is 0 Å². The molecule has 2 rings (SSSR count). The zero-order chi connectivity index (χ0) is 12.1. The SMILES string of the molecule is CN1CCN(C=CC(=O)c2ccccc2)CC1. The van der Waals surface area contributed by atoms with Gasteiger partial charge in [0.2, 0.25) is 0 Å².